The van der Waals surface area contributed by atoms with Gasteiger partial charge in [0.15, 0.2) is 5.82 Å². The first-order valence-electron chi connectivity index (χ1n) is 5.88. The molecule has 0 radical (unpaired) electrons. The summed E-state index contributed by atoms with van der Waals surface area (Å²) >= 11 is 11.9. The zero-order valence-electron chi connectivity index (χ0n) is 11.0. The lowest BCUT2D eigenvalue weighted by atomic mass is 10.1. The van der Waals surface area contributed by atoms with Gasteiger partial charge in [0, 0.05) is 18.4 Å². The first kappa shape index (κ1) is 14.7. The van der Waals surface area contributed by atoms with E-state index in [0.29, 0.717) is 28.7 Å². The number of tetrazole rings is 1. The molecule has 0 unspecified atom stereocenters. The molecule has 6 nitrogen and oxygen atoms in total. The van der Waals surface area contributed by atoms with Crippen LogP contribution in [0.5, 0.6) is 0 Å². The van der Waals surface area contributed by atoms with Gasteiger partial charge in [0.25, 0.3) is 0 Å². The summed E-state index contributed by atoms with van der Waals surface area (Å²) in [5.41, 5.74) is 1.60. The summed E-state index contributed by atoms with van der Waals surface area (Å²) in [6, 6.07) is 5.33. The molecule has 0 aliphatic heterocycles. The highest BCUT2D eigenvalue weighted by atomic mass is 35.5. The normalized spacial score (nSPS) is 11.7. The van der Waals surface area contributed by atoms with Crippen molar-refractivity contribution in [2.45, 2.75) is 12.8 Å². The Morgan fingerprint density at radius 1 is 1.35 bits per heavy atom. The molecule has 20 heavy (non-hydrogen) atoms. The Labute approximate surface area is 126 Å². The molecule has 0 amide bonds. The summed E-state index contributed by atoms with van der Waals surface area (Å²) in [7, 11) is 3.22. The maximum Gasteiger partial charge on any atom is 0.175 e. The number of aromatic nitrogens is 4. The first-order chi connectivity index (χ1) is 9.60. The van der Waals surface area contributed by atoms with Crippen LogP contribution in [0.1, 0.15) is 17.8 Å². The van der Waals surface area contributed by atoms with Gasteiger partial charge in [-0.2, -0.15) is 4.80 Å². The van der Waals surface area contributed by atoms with Crippen molar-refractivity contribution in [3.05, 3.63) is 39.6 Å². The number of hydrogen-bond acceptors (Lipinski definition) is 5. The Hall–Kier alpha value is -1.66. The molecule has 2 aromatic rings. The second kappa shape index (κ2) is 6.67. The Morgan fingerprint density at radius 2 is 2.15 bits per heavy atom. The fourth-order valence-electron chi connectivity index (χ4n) is 1.68. The highest BCUT2D eigenvalue weighted by Crippen LogP contribution is 2.23. The first-order valence-corrected chi connectivity index (χ1v) is 6.64. The zero-order chi connectivity index (χ0) is 14.5. The lowest BCUT2D eigenvalue weighted by Crippen LogP contribution is -2.05. The second-order valence-electron chi connectivity index (χ2n) is 4.04. The van der Waals surface area contributed by atoms with Gasteiger partial charge in [0.2, 0.25) is 0 Å². The van der Waals surface area contributed by atoms with Gasteiger partial charge in [-0.3, -0.25) is 0 Å². The van der Waals surface area contributed by atoms with Crippen molar-refractivity contribution in [1.29, 1.82) is 0 Å². The molecule has 0 saturated heterocycles. The van der Waals surface area contributed by atoms with Crippen molar-refractivity contribution in [1.82, 2.24) is 20.2 Å². The number of hydrogen-bond donors (Lipinski definition) is 0. The minimum absolute atomic E-state index is 0.477. The molecule has 0 saturated carbocycles. The van der Waals surface area contributed by atoms with Crippen LogP contribution in [0.15, 0.2) is 23.4 Å². The van der Waals surface area contributed by atoms with E-state index < -0.39 is 0 Å². The van der Waals surface area contributed by atoms with Gasteiger partial charge < -0.3 is 4.84 Å². The van der Waals surface area contributed by atoms with E-state index >= 15 is 0 Å². The molecule has 0 N–H and O–H groups in total. The molecule has 0 atom stereocenters. The molecule has 0 aliphatic carbocycles. The SMILES string of the molecule is CO/N=C(\CCc1nnn(C)n1)c1ccc(Cl)c(Cl)c1. The van der Waals surface area contributed by atoms with Crippen LogP contribution in [-0.2, 0) is 18.3 Å². The summed E-state index contributed by atoms with van der Waals surface area (Å²) in [6.45, 7) is 0. The van der Waals surface area contributed by atoms with E-state index in [1.807, 2.05) is 6.07 Å². The second-order valence-corrected chi connectivity index (χ2v) is 4.86. The van der Waals surface area contributed by atoms with E-state index in [1.165, 1.54) is 11.9 Å². The summed E-state index contributed by atoms with van der Waals surface area (Å²) in [5, 5.41) is 16.8. The molecule has 0 bridgehead atoms. The molecule has 0 spiro atoms. The van der Waals surface area contributed by atoms with Crippen LogP contribution in [0.3, 0.4) is 0 Å². The minimum atomic E-state index is 0.477. The Bertz CT molecular complexity index is 626. The highest BCUT2D eigenvalue weighted by molar-refractivity contribution is 6.42. The summed E-state index contributed by atoms with van der Waals surface area (Å²) in [5.74, 6) is 0.649. The van der Waals surface area contributed by atoms with E-state index in [1.54, 1.807) is 19.2 Å². The summed E-state index contributed by atoms with van der Waals surface area (Å²) in [6.07, 6.45) is 1.22. The van der Waals surface area contributed by atoms with Crippen LogP contribution in [0.25, 0.3) is 0 Å². The van der Waals surface area contributed by atoms with Crippen LogP contribution in [0, 0.1) is 0 Å². The van der Waals surface area contributed by atoms with E-state index in [4.69, 9.17) is 28.0 Å². The summed E-state index contributed by atoms with van der Waals surface area (Å²) < 4.78 is 0. The van der Waals surface area contributed by atoms with Gasteiger partial charge in [-0.25, -0.2) is 0 Å². The van der Waals surface area contributed by atoms with E-state index in [9.17, 15) is 0 Å². The predicted octanol–water partition coefficient (Wildman–Crippen LogP) is 2.50. The number of aryl methyl sites for hydroxylation is 2. The Kier molecular flexibility index (Phi) is 4.92. The smallest absolute Gasteiger partial charge is 0.175 e. The van der Waals surface area contributed by atoms with E-state index in [2.05, 4.69) is 20.6 Å². The number of rotatable bonds is 5. The number of benzene rings is 1. The van der Waals surface area contributed by atoms with Crippen molar-refractivity contribution in [2.24, 2.45) is 12.2 Å². The quantitative estimate of drug-likeness (QED) is 0.628. The van der Waals surface area contributed by atoms with Crippen LogP contribution < -0.4 is 0 Å². The maximum absolute atomic E-state index is 6.01. The van der Waals surface area contributed by atoms with Gasteiger partial charge in [-0.15, -0.1) is 10.2 Å². The molecule has 8 heteroatoms. The average Bonchev–Trinajstić information content (AvgIpc) is 2.84. The average molecular weight is 314 g/mol. The predicted molar refractivity (Wildman–Crippen MR) is 77.1 cm³/mol. The van der Waals surface area contributed by atoms with E-state index in [0.717, 1.165) is 11.3 Å². The topological polar surface area (TPSA) is 65.2 Å². The number of halogens is 2. The Balaban J connectivity index is 2.14. The standard InChI is InChI=1S/C12H13Cl2N5O/c1-19-16-12(15-18-19)6-5-11(17-20-2)8-3-4-9(13)10(14)7-8/h3-4,7H,5-6H2,1-2H3/b17-11+. The fraction of sp³-hybridized carbons (Fsp3) is 0.333. The molecule has 106 valence electrons. The lowest BCUT2D eigenvalue weighted by Gasteiger charge is -2.06. The molecule has 1 heterocycles. The van der Waals surface area contributed by atoms with Crippen molar-refractivity contribution < 1.29 is 4.84 Å². The molecule has 2 rings (SSSR count). The Morgan fingerprint density at radius 3 is 2.75 bits per heavy atom. The maximum atomic E-state index is 6.01. The van der Waals surface area contributed by atoms with Crippen molar-refractivity contribution in [3.63, 3.8) is 0 Å². The molecule has 1 aromatic carbocycles. The van der Waals surface area contributed by atoms with Gasteiger partial charge >= 0.3 is 0 Å². The van der Waals surface area contributed by atoms with E-state index in [-0.39, 0.29) is 0 Å². The lowest BCUT2D eigenvalue weighted by molar-refractivity contribution is 0.213. The zero-order valence-corrected chi connectivity index (χ0v) is 12.6. The summed E-state index contributed by atoms with van der Waals surface area (Å²) in [4.78, 5) is 6.29. The largest absolute Gasteiger partial charge is 0.399 e. The third-order valence-corrected chi connectivity index (χ3v) is 3.33. The molecule has 0 fully saturated rings. The van der Waals surface area contributed by atoms with Crippen LogP contribution >= 0.6 is 23.2 Å². The van der Waals surface area contributed by atoms with Crippen LogP contribution in [-0.4, -0.2) is 33.0 Å². The fourth-order valence-corrected chi connectivity index (χ4v) is 1.98. The number of oxime groups is 1. The molecule has 1 aromatic heterocycles. The molecular formula is C12H13Cl2N5O. The van der Waals surface area contributed by atoms with Crippen LogP contribution in [0.2, 0.25) is 10.0 Å². The van der Waals surface area contributed by atoms with Crippen molar-refractivity contribution in [3.8, 4) is 0 Å². The third-order valence-electron chi connectivity index (χ3n) is 2.59. The van der Waals surface area contributed by atoms with Crippen molar-refractivity contribution >= 4 is 28.9 Å². The highest BCUT2D eigenvalue weighted by Gasteiger charge is 2.10. The van der Waals surface area contributed by atoms with Gasteiger partial charge in [0.1, 0.15) is 7.11 Å². The van der Waals surface area contributed by atoms with Gasteiger partial charge in [-0.05, 0) is 17.3 Å². The molecule has 0 aliphatic rings. The van der Waals surface area contributed by atoms with Crippen LogP contribution in [0.4, 0.5) is 0 Å². The monoisotopic (exact) mass is 313 g/mol. The van der Waals surface area contributed by atoms with Gasteiger partial charge in [-0.1, -0.05) is 34.4 Å². The third kappa shape index (κ3) is 3.68. The minimum Gasteiger partial charge on any atom is -0.399 e. The molecular weight excluding hydrogens is 301 g/mol. The van der Waals surface area contributed by atoms with Crippen molar-refractivity contribution in [2.75, 3.05) is 7.11 Å². The van der Waals surface area contributed by atoms with Gasteiger partial charge in [0.05, 0.1) is 22.8 Å². The number of nitrogens with zero attached hydrogens (tertiary/aromatic N) is 5.